The van der Waals surface area contributed by atoms with Crippen molar-refractivity contribution in [2.24, 2.45) is 23.2 Å². The fourth-order valence-corrected chi connectivity index (χ4v) is 7.06. The molecule has 192 valence electrons. The highest BCUT2D eigenvalue weighted by Gasteiger charge is 2.55. The van der Waals surface area contributed by atoms with Gasteiger partial charge in [0.05, 0.1) is 26.0 Å². The van der Waals surface area contributed by atoms with E-state index >= 15 is 0 Å². The van der Waals surface area contributed by atoms with Crippen molar-refractivity contribution in [2.45, 2.75) is 50.8 Å². The van der Waals surface area contributed by atoms with Gasteiger partial charge in [-0.1, -0.05) is 18.2 Å². The summed E-state index contributed by atoms with van der Waals surface area (Å²) in [5, 5.41) is 39.0. The molecule has 6 atom stereocenters. The smallest absolute Gasteiger partial charge is 0.224 e. The van der Waals surface area contributed by atoms with E-state index in [1.54, 1.807) is 13.3 Å². The van der Waals surface area contributed by atoms with Crippen LogP contribution in [0.25, 0.3) is 0 Å². The van der Waals surface area contributed by atoms with Gasteiger partial charge in [0.15, 0.2) is 0 Å². The van der Waals surface area contributed by atoms with Gasteiger partial charge in [0.1, 0.15) is 23.2 Å². The summed E-state index contributed by atoms with van der Waals surface area (Å²) in [6.45, 7) is 1.55. The molecule has 0 saturated heterocycles. The normalized spacial score (nSPS) is 28.9. The fraction of sp³-hybridized carbons (Fsp3) is 0.593. The van der Waals surface area contributed by atoms with Crippen molar-refractivity contribution in [1.29, 1.82) is 5.26 Å². The van der Waals surface area contributed by atoms with Crippen LogP contribution < -0.4 is 20.7 Å². The number of anilines is 2. The molecule has 4 fully saturated rings. The maximum Gasteiger partial charge on any atom is 0.224 e. The molecule has 4 aliphatic carbocycles. The minimum atomic E-state index is -0.703. The summed E-state index contributed by atoms with van der Waals surface area (Å²) in [7, 11) is 1.65. The number of nitrogens with one attached hydrogen (secondary N) is 3. The number of aromatic nitrogens is 2. The van der Waals surface area contributed by atoms with E-state index in [1.165, 1.54) is 19.3 Å². The van der Waals surface area contributed by atoms with Crippen LogP contribution in [0.5, 0.6) is 5.75 Å². The molecule has 4 aliphatic rings. The quantitative estimate of drug-likeness (QED) is 0.321. The first-order valence-electron chi connectivity index (χ1n) is 12.9. The first kappa shape index (κ1) is 24.8. The predicted molar refractivity (Wildman–Crippen MR) is 136 cm³/mol. The number of nitriles is 1. The third kappa shape index (κ3) is 5.12. The second-order valence-corrected chi connectivity index (χ2v) is 10.8. The zero-order valence-corrected chi connectivity index (χ0v) is 20.8. The molecule has 9 nitrogen and oxygen atoms in total. The largest absolute Gasteiger partial charge is 0.496 e. The van der Waals surface area contributed by atoms with Crippen LogP contribution in [-0.4, -0.2) is 59.1 Å². The SMILES string of the molecule is COc1ccccc1CNc1ncc(C#N)c(NC[C@@]23CC4C[C@H](C2)[C@@H](NC[C@H](O)CO)[C@@H](C4)C3)n1. The number of hydrogen-bond acceptors (Lipinski definition) is 9. The summed E-state index contributed by atoms with van der Waals surface area (Å²) in [5.74, 6) is 3.76. The van der Waals surface area contributed by atoms with Crippen LogP contribution in [0.2, 0.25) is 0 Å². The first-order chi connectivity index (χ1) is 17.5. The van der Waals surface area contributed by atoms with Crippen molar-refractivity contribution < 1.29 is 14.9 Å². The number of aliphatic hydroxyl groups excluding tert-OH is 2. The Bertz CT molecular complexity index is 1090. The lowest BCUT2D eigenvalue weighted by atomic mass is 9.48. The molecule has 0 spiro atoms. The first-order valence-corrected chi connectivity index (χ1v) is 12.9. The van der Waals surface area contributed by atoms with Gasteiger partial charge in [0.25, 0.3) is 0 Å². The van der Waals surface area contributed by atoms with Gasteiger partial charge in [0, 0.05) is 31.2 Å². The number of benzene rings is 1. The molecule has 1 aromatic carbocycles. The second kappa shape index (κ2) is 10.6. The molecule has 4 bridgehead atoms. The van der Waals surface area contributed by atoms with Crippen molar-refractivity contribution in [2.75, 3.05) is 37.4 Å². The third-order valence-corrected chi connectivity index (χ3v) is 8.37. The minimum absolute atomic E-state index is 0.201. The van der Waals surface area contributed by atoms with Gasteiger partial charge in [-0.25, -0.2) is 4.98 Å². The molecule has 36 heavy (non-hydrogen) atoms. The van der Waals surface area contributed by atoms with Crippen molar-refractivity contribution in [3.63, 3.8) is 0 Å². The Hall–Kier alpha value is -2.93. The molecule has 4 saturated carbocycles. The summed E-state index contributed by atoms with van der Waals surface area (Å²) in [4.78, 5) is 8.98. The standard InChI is InChI=1S/C27H36N6O3/c1-36-23-5-3-2-4-18(23)12-30-26-31-13-21(11-28)25(33-26)32-16-27-8-17-6-19(9-27)24(20(7-17)10-27)29-14-22(35)15-34/h2-5,13,17,19-20,22,24,29,34-35H,6-10,12,14-16H2,1H3,(H2,30,31,32,33)/t17?,19-,20+,22-,24-,27+/m0/s1. The lowest BCUT2D eigenvalue weighted by Crippen LogP contribution is -2.60. The van der Waals surface area contributed by atoms with Crippen LogP contribution in [0.3, 0.4) is 0 Å². The molecule has 5 N–H and O–H groups in total. The number of ether oxygens (including phenoxy) is 1. The van der Waals surface area contributed by atoms with Crippen LogP contribution in [0, 0.1) is 34.5 Å². The maximum absolute atomic E-state index is 9.80. The molecule has 1 heterocycles. The van der Waals surface area contributed by atoms with Gasteiger partial charge >= 0.3 is 0 Å². The average Bonchev–Trinajstić information content (AvgIpc) is 2.90. The Morgan fingerprint density at radius 3 is 2.69 bits per heavy atom. The Balaban J connectivity index is 1.24. The summed E-state index contributed by atoms with van der Waals surface area (Å²) in [6.07, 6.45) is 6.82. The predicted octanol–water partition coefficient (Wildman–Crippen LogP) is 2.52. The van der Waals surface area contributed by atoms with Gasteiger partial charge in [-0.15, -0.1) is 0 Å². The van der Waals surface area contributed by atoms with Crippen LogP contribution in [0.15, 0.2) is 30.5 Å². The van der Waals surface area contributed by atoms with Crippen molar-refractivity contribution >= 4 is 11.8 Å². The molecular weight excluding hydrogens is 456 g/mol. The van der Waals surface area contributed by atoms with Crippen LogP contribution >= 0.6 is 0 Å². The highest BCUT2D eigenvalue weighted by Crippen LogP contribution is 2.60. The molecule has 1 aromatic heterocycles. The lowest BCUT2D eigenvalue weighted by molar-refractivity contribution is -0.0719. The number of methoxy groups -OCH3 is 1. The molecule has 0 amide bonds. The summed E-state index contributed by atoms with van der Waals surface area (Å²) in [6, 6.07) is 10.5. The molecule has 6 rings (SSSR count). The van der Waals surface area contributed by atoms with Crippen molar-refractivity contribution in [3.8, 4) is 11.8 Å². The zero-order valence-electron chi connectivity index (χ0n) is 20.8. The molecule has 2 aromatic rings. The van der Waals surface area contributed by atoms with Crippen LogP contribution in [-0.2, 0) is 6.54 Å². The average molecular weight is 493 g/mol. The van der Waals surface area contributed by atoms with E-state index in [2.05, 4.69) is 32.0 Å². The zero-order chi connectivity index (χ0) is 25.1. The topological polar surface area (TPSA) is 135 Å². The van der Waals surface area contributed by atoms with E-state index in [-0.39, 0.29) is 12.0 Å². The minimum Gasteiger partial charge on any atom is -0.496 e. The van der Waals surface area contributed by atoms with Crippen molar-refractivity contribution in [3.05, 3.63) is 41.6 Å². The highest BCUT2D eigenvalue weighted by molar-refractivity contribution is 5.53. The van der Waals surface area contributed by atoms with E-state index in [1.807, 2.05) is 24.3 Å². The van der Waals surface area contributed by atoms with E-state index in [4.69, 9.17) is 4.74 Å². The van der Waals surface area contributed by atoms with Crippen LogP contribution in [0.1, 0.15) is 43.2 Å². The Kier molecular flexibility index (Phi) is 7.28. The van der Waals surface area contributed by atoms with E-state index < -0.39 is 6.10 Å². The maximum atomic E-state index is 9.80. The molecular formula is C27H36N6O3. The Labute approximate surface area is 212 Å². The number of para-hydroxylation sites is 1. The Morgan fingerprint density at radius 2 is 1.97 bits per heavy atom. The fourth-order valence-electron chi connectivity index (χ4n) is 7.06. The lowest BCUT2D eigenvalue weighted by Gasteiger charge is -2.60. The molecule has 1 unspecified atom stereocenters. The summed E-state index contributed by atoms with van der Waals surface area (Å²) < 4.78 is 5.43. The number of nitrogens with zero attached hydrogens (tertiary/aromatic N) is 3. The van der Waals surface area contributed by atoms with E-state index in [0.717, 1.165) is 36.6 Å². The number of aliphatic hydroxyl groups is 2. The summed E-state index contributed by atoms with van der Waals surface area (Å²) in [5.41, 5.74) is 1.65. The van der Waals surface area contributed by atoms with Crippen LogP contribution in [0.4, 0.5) is 11.8 Å². The number of hydrogen-bond donors (Lipinski definition) is 5. The molecule has 0 aliphatic heterocycles. The second-order valence-electron chi connectivity index (χ2n) is 10.8. The van der Waals surface area contributed by atoms with E-state index in [9.17, 15) is 15.5 Å². The monoisotopic (exact) mass is 492 g/mol. The van der Waals surface area contributed by atoms with Gasteiger partial charge in [0.2, 0.25) is 5.95 Å². The Morgan fingerprint density at radius 1 is 1.19 bits per heavy atom. The van der Waals surface area contributed by atoms with Crippen molar-refractivity contribution in [1.82, 2.24) is 15.3 Å². The highest BCUT2D eigenvalue weighted by atomic mass is 16.5. The van der Waals surface area contributed by atoms with Gasteiger partial charge in [-0.05, 0) is 61.3 Å². The molecule has 9 heteroatoms. The molecule has 0 radical (unpaired) electrons. The third-order valence-electron chi connectivity index (χ3n) is 8.37. The number of rotatable bonds is 11. The summed E-state index contributed by atoms with van der Waals surface area (Å²) >= 11 is 0. The van der Waals surface area contributed by atoms with Gasteiger partial charge < -0.3 is 30.9 Å². The van der Waals surface area contributed by atoms with E-state index in [0.29, 0.717) is 48.3 Å². The van der Waals surface area contributed by atoms with Gasteiger partial charge in [-0.3, -0.25) is 0 Å². The van der Waals surface area contributed by atoms with Gasteiger partial charge in [-0.2, -0.15) is 10.2 Å².